The Labute approximate surface area is 84.1 Å². The van der Waals surface area contributed by atoms with Crippen LogP contribution in [-0.2, 0) is 17.8 Å². The van der Waals surface area contributed by atoms with Crippen LogP contribution in [-0.4, -0.2) is 21.9 Å². The fourth-order valence-electron chi connectivity index (χ4n) is 1.36. The Bertz CT molecular complexity index is 293. The number of Topliss-reactive ketones (excluding diaryl/α,β-unsaturated/α-hetero) is 1. The zero-order valence-corrected chi connectivity index (χ0v) is 8.57. The first-order chi connectivity index (χ1) is 6.77. The van der Waals surface area contributed by atoms with Gasteiger partial charge < -0.3 is 10.3 Å². The Kier molecular flexibility index (Phi) is 4.32. The molecular weight excluding hydrogens is 178 g/mol. The Morgan fingerprint density at radius 3 is 3.07 bits per heavy atom. The number of nitrogens with two attached hydrogens (primary N) is 1. The smallest absolute Gasteiger partial charge is 0.140 e. The van der Waals surface area contributed by atoms with E-state index in [2.05, 4.69) is 4.98 Å². The van der Waals surface area contributed by atoms with Crippen LogP contribution in [0.25, 0.3) is 0 Å². The third-order valence-electron chi connectivity index (χ3n) is 2.16. The molecule has 0 fully saturated rings. The lowest BCUT2D eigenvalue weighted by Crippen LogP contribution is -2.11. The van der Waals surface area contributed by atoms with Gasteiger partial charge in [-0.3, -0.25) is 4.79 Å². The summed E-state index contributed by atoms with van der Waals surface area (Å²) in [5.41, 5.74) is 5.33. The molecule has 4 heteroatoms. The van der Waals surface area contributed by atoms with Crippen molar-refractivity contribution in [2.45, 2.75) is 32.7 Å². The van der Waals surface area contributed by atoms with E-state index in [0.29, 0.717) is 19.4 Å². The lowest BCUT2D eigenvalue weighted by atomic mass is 10.1. The number of carbonyl (C=O) groups is 1. The van der Waals surface area contributed by atoms with Crippen molar-refractivity contribution in [2.24, 2.45) is 5.73 Å². The van der Waals surface area contributed by atoms with Gasteiger partial charge in [-0.25, -0.2) is 4.98 Å². The average molecular weight is 195 g/mol. The van der Waals surface area contributed by atoms with Crippen molar-refractivity contribution in [3.05, 3.63) is 18.2 Å². The molecule has 0 bridgehead atoms. The average Bonchev–Trinajstić information content (AvgIpc) is 2.62. The summed E-state index contributed by atoms with van der Waals surface area (Å²) in [6.07, 6.45) is 5.39. The van der Waals surface area contributed by atoms with Crippen LogP contribution >= 0.6 is 0 Å². The summed E-state index contributed by atoms with van der Waals surface area (Å²) in [5, 5.41) is 0. The zero-order chi connectivity index (χ0) is 10.4. The standard InChI is InChI=1S/C10H17N3O/c1-2-13-7-6-12-10(13)8-9(14)4-3-5-11/h6-7H,2-5,8,11H2,1H3. The summed E-state index contributed by atoms with van der Waals surface area (Å²) in [6, 6.07) is 0. The van der Waals surface area contributed by atoms with Gasteiger partial charge in [0, 0.05) is 25.4 Å². The predicted octanol–water partition coefficient (Wildman–Crippen LogP) is 0.753. The number of carbonyl (C=O) groups excluding carboxylic acids is 1. The minimum Gasteiger partial charge on any atom is -0.335 e. The number of imidazole rings is 1. The van der Waals surface area contributed by atoms with E-state index < -0.39 is 0 Å². The fraction of sp³-hybridized carbons (Fsp3) is 0.600. The van der Waals surface area contributed by atoms with Crippen molar-refractivity contribution in [2.75, 3.05) is 6.54 Å². The van der Waals surface area contributed by atoms with Gasteiger partial charge >= 0.3 is 0 Å². The summed E-state index contributed by atoms with van der Waals surface area (Å²) in [4.78, 5) is 15.6. The molecule has 1 aromatic rings. The molecule has 0 amide bonds. The molecule has 78 valence electrons. The molecule has 0 spiro atoms. The molecule has 14 heavy (non-hydrogen) atoms. The second-order valence-corrected chi connectivity index (χ2v) is 3.24. The zero-order valence-electron chi connectivity index (χ0n) is 8.57. The van der Waals surface area contributed by atoms with E-state index in [1.165, 1.54) is 0 Å². The number of hydrogen-bond donors (Lipinski definition) is 1. The van der Waals surface area contributed by atoms with E-state index in [4.69, 9.17) is 5.73 Å². The van der Waals surface area contributed by atoms with Gasteiger partial charge in [-0.1, -0.05) is 0 Å². The Balaban J connectivity index is 2.47. The minimum absolute atomic E-state index is 0.219. The lowest BCUT2D eigenvalue weighted by molar-refractivity contribution is -0.118. The van der Waals surface area contributed by atoms with Crippen LogP contribution in [0.2, 0.25) is 0 Å². The van der Waals surface area contributed by atoms with Crippen molar-refractivity contribution in [1.29, 1.82) is 0 Å². The number of ketones is 1. The van der Waals surface area contributed by atoms with Gasteiger partial charge in [-0.05, 0) is 19.9 Å². The molecule has 0 aliphatic heterocycles. The molecule has 1 heterocycles. The first-order valence-corrected chi connectivity index (χ1v) is 4.99. The summed E-state index contributed by atoms with van der Waals surface area (Å²) >= 11 is 0. The van der Waals surface area contributed by atoms with Crippen LogP contribution in [0, 0.1) is 0 Å². The number of rotatable bonds is 6. The fourth-order valence-corrected chi connectivity index (χ4v) is 1.36. The van der Waals surface area contributed by atoms with Crippen LogP contribution < -0.4 is 5.73 Å². The van der Waals surface area contributed by atoms with Gasteiger partial charge in [0.05, 0.1) is 6.42 Å². The summed E-state index contributed by atoms with van der Waals surface area (Å²) in [6.45, 7) is 3.48. The first kappa shape index (κ1) is 10.9. The molecule has 0 atom stereocenters. The highest BCUT2D eigenvalue weighted by atomic mass is 16.1. The van der Waals surface area contributed by atoms with Crippen LogP contribution in [0.3, 0.4) is 0 Å². The van der Waals surface area contributed by atoms with E-state index in [1.54, 1.807) is 6.20 Å². The molecule has 4 nitrogen and oxygen atoms in total. The second kappa shape index (κ2) is 5.54. The summed E-state index contributed by atoms with van der Waals surface area (Å²) in [7, 11) is 0. The summed E-state index contributed by atoms with van der Waals surface area (Å²) in [5.74, 6) is 1.07. The van der Waals surface area contributed by atoms with Gasteiger partial charge in [0.1, 0.15) is 11.6 Å². The van der Waals surface area contributed by atoms with E-state index >= 15 is 0 Å². The van der Waals surface area contributed by atoms with E-state index in [1.807, 2.05) is 17.7 Å². The topological polar surface area (TPSA) is 60.9 Å². The molecular formula is C10H17N3O. The van der Waals surface area contributed by atoms with Gasteiger partial charge in [0.15, 0.2) is 0 Å². The monoisotopic (exact) mass is 195 g/mol. The third kappa shape index (κ3) is 2.96. The van der Waals surface area contributed by atoms with Crippen molar-refractivity contribution in [1.82, 2.24) is 9.55 Å². The molecule has 1 rings (SSSR count). The number of hydrogen-bond acceptors (Lipinski definition) is 3. The van der Waals surface area contributed by atoms with Crippen LogP contribution in [0.1, 0.15) is 25.6 Å². The second-order valence-electron chi connectivity index (χ2n) is 3.24. The van der Waals surface area contributed by atoms with Crippen LogP contribution in [0.15, 0.2) is 12.4 Å². The van der Waals surface area contributed by atoms with Crippen LogP contribution in [0.4, 0.5) is 0 Å². The number of aromatic nitrogens is 2. The molecule has 0 aromatic carbocycles. The highest BCUT2D eigenvalue weighted by molar-refractivity contribution is 5.80. The number of nitrogens with zero attached hydrogens (tertiary/aromatic N) is 2. The molecule has 0 radical (unpaired) electrons. The quantitative estimate of drug-likeness (QED) is 0.728. The van der Waals surface area contributed by atoms with Crippen LogP contribution in [0.5, 0.6) is 0 Å². The molecule has 0 aliphatic carbocycles. The van der Waals surface area contributed by atoms with E-state index in [9.17, 15) is 4.79 Å². The third-order valence-corrected chi connectivity index (χ3v) is 2.16. The highest BCUT2D eigenvalue weighted by Gasteiger charge is 2.07. The van der Waals surface area contributed by atoms with Crippen molar-refractivity contribution >= 4 is 5.78 Å². The maximum atomic E-state index is 11.4. The van der Waals surface area contributed by atoms with Gasteiger partial charge in [-0.2, -0.15) is 0 Å². The maximum absolute atomic E-state index is 11.4. The predicted molar refractivity (Wildman–Crippen MR) is 54.9 cm³/mol. The molecule has 0 unspecified atom stereocenters. The van der Waals surface area contributed by atoms with Gasteiger partial charge in [0.2, 0.25) is 0 Å². The SMILES string of the molecule is CCn1ccnc1CC(=O)CCCN. The highest BCUT2D eigenvalue weighted by Crippen LogP contribution is 2.01. The normalized spacial score (nSPS) is 10.4. The number of aryl methyl sites for hydroxylation is 1. The molecule has 1 aromatic heterocycles. The van der Waals surface area contributed by atoms with Gasteiger partial charge in [-0.15, -0.1) is 0 Å². The molecule has 0 saturated carbocycles. The Hall–Kier alpha value is -1.16. The Morgan fingerprint density at radius 2 is 2.43 bits per heavy atom. The van der Waals surface area contributed by atoms with Crippen molar-refractivity contribution in [3.63, 3.8) is 0 Å². The summed E-state index contributed by atoms with van der Waals surface area (Å²) < 4.78 is 1.99. The van der Waals surface area contributed by atoms with E-state index in [-0.39, 0.29) is 5.78 Å². The molecule has 0 aliphatic rings. The lowest BCUT2D eigenvalue weighted by Gasteiger charge is -2.03. The minimum atomic E-state index is 0.219. The van der Waals surface area contributed by atoms with Crippen molar-refractivity contribution in [3.8, 4) is 0 Å². The van der Waals surface area contributed by atoms with E-state index in [0.717, 1.165) is 18.8 Å². The first-order valence-electron chi connectivity index (χ1n) is 4.99. The molecule has 2 N–H and O–H groups in total. The van der Waals surface area contributed by atoms with Crippen molar-refractivity contribution < 1.29 is 4.79 Å². The Morgan fingerprint density at radius 1 is 1.64 bits per heavy atom. The largest absolute Gasteiger partial charge is 0.335 e. The van der Waals surface area contributed by atoms with Gasteiger partial charge in [0.25, 0.3) is 0 Å². The maximum Gasteiger partial charge on any atom is 0.140 e. The molecule has 0 saturated heterocycles.